The van der Waals surface area contributed by atoms with Crippen molar-refractivity contribution >= 4 is 13.3 Å². The summed E-state index contributed by atoms with van der Waals surface area (Å²) in [6, 6.07) is 15.4. The minimum Gasteiger partial charge on any atom is -0.424 e. The van der Waals surface area contributed by atoms with Crippen LogP contribution in [-0.4, -0.2) is 4.89 Å². The van der Waals surface area contributed by atoms with E-state index < -0.39 is 7.60 Å². The predicted octanol–water partition coefficient (Wildman–Crippen LogP) is 3.03. The molecule has 0 heterocycles. The zero-order chi connectivity index (χ0) is 13.0. The van der Waals surface area contributed by atoms with E-state index in [4.69, 9.17) is 10.3 Å². The van der Waals surface area contributed by atoms with Gasteiger partial charge in [-0.05, 0) is 29.8 Å². The fraction of sp³-hybridized carbons (Fsp3) is 0.0769. The summed E-state index contributed by atoms with van der Waals surface area (Å²) in [5.74, 6) is 0.388. The fourth-order valence-corrected chi connectivity index (χ4v) is 2.72. The van der Waals surface area contributed by atoms with E-state index in [1.54, 1.807) is 48.5 Å². The van der Waals surface area contributed by atoms with Crippen molar-refractivity contribution < 1.29 is 14.0 Å². The first-order chi connectivity index (χ1) is 8.55. The Bertz CT molecular complexity index is 554. The van der Waals surface area contributed by atoms with Crippen LogP contribution in [0.15, 0.2) is 54.6 Å². The van der Waals surface area contributed by atoms with Gasteiger partial charge in [-0.1, -0.05) is 30.3 Å². The normalized spacial score (nSPS) is 13.8. The SMILES string of the molecule is Nc1ccc(CP(=O)(O)Oc2ccccc2)cc1. The molecule has 0 aliphatic rings. The van der Waals surface area contributed by atoms with E-state index >= 15 is 0 Å². The molecule has 0 radical (unpaired) electrons. The number of nitrogens with two attached hydrogens (primary N) is 1. The van der Waals surface area contributed by atoms with Gasteiger partial charge in [-0.15, -0.1) is 0 Å². The molecule has 0 saturated carbocycles. The van der Waals surface area contributed by atoms with Crippen LogP contribution in [0.1, 0.15) is 5.56 Å². The van der Waals surface area contributed by atoms with Gasteiger partial charge in [-0.2, -0.15) is 0 Å². The molecule has 1 atom stereocenters. The summed E-state index contributed by atoms with van der Waals surface area (Å²) >= 11 is 0. The highest BCUT2D eigenvalue weighted by Crippen LogP contribution is 2.45. The number of para-hydroxylation sites is 1. The Labute approximate surface area is 106 Å². The predicted molar refractivity (Wildman–Crippen MR) is 71.5 cm³/mol. The van der Waals surface area contributed by atoms with Crippen molar-refractivity contribution in [3.05, 3.63) is 60.2 Å². The molecule has 0 aliphatic carbocycles. The fourth-order valence-electron chi connectivity index (χ4n) is 1.53. The monoisotopic (exact) mass is 263 g/mol. The smallest absolute Gasteiger partial charge is 0.380 e. The van der Waals surface area contributed by atoms with Gasteiger partial charge < -0.3 is 15.2 Å². The molecule has 0 fully saturated rings. The van der Waals surface area contributed by atoms with Crippen molar-refractivity contribution in [2.45, 2.75) is 6.16 Å². The maximum Gasteiger partial charge on any atom is 0.380 e. The third kappa shape index (κ3) is 3.62. The van der Waals surface area contributed by atoms with Gasteiger partial charge in [0.1, 0.15) is 5.75 Å². The Kier molecular flexibility index (Phi) is 3.70. The van der Waals surface area contributed by atoms with E-state index in [9.17, 15) is 9.46 Å². The second-order valence-electron chi connectivity index (χ2n) is 3.94. The molecule has 2 aromatic carbocycles. The first-order valence-corrected chi connectivity index (χ1v) is 7.22. The minimum atomic E-state index is -3.69. The van der Waals surface area contributed by atoms with Crippen LogP contribution in [-0.2, 0) is 10.7 Å². The minimum absolute atomic E-state index is 0.0395. The molecule has 1 unspecified atom stereocenters. The molecule has 5 heteroatoms. The molecule has 0 spiro atoms. The summed E-state index contributed by atoms with van der Waals surface area (Å²) in [5.41, 5.74) is 6.89. The van der Waals surface area contributed by atoms with E-state index in [1.165, 1.54) is 0 Å². The van der Waals surface area contributed by atoms with Gasteiger partial charge in [0.25, 0.3) is 0 Å². The molecule has 0 amide bonds. The van der Waals surface area contributed by atoms with E-state index in [0.717, 1.165) is 0 Å². The molecule has 3 N–H and O–H groups in total. The van der Waals surface area contributed by atoms with Crippen LogP contribution in [0.2, 0.25) is 0 Å². The van der Waals surface area contributed by atoms with Gasteiger partial charge in [0.05, 0.1) is 6.16 Å². The van der Waals surface area contributed by atoms with Gasteiger partial charge in [-0.25, -0.2) is 4.57 Å². The first-order valence-electron chi connectivity index (χ1n) is 5.46. The molecule has 2 rings (SSSR count). The van der Waals surface area contributed by atoms with Crippen molar-refractivity contribution in [1.29, 1.82) is 0 Å². The number of nitrogen functional groups attached to an aromatic ring is 1. The molecule has 0 aromatic heterocycles. The third-order valence-electron chi connectivity index (χ3n) is 2.35. The van der Waals surface area contributed by atoms with Crippen LogP contribution in [0.4, 0.5) is 5.69 Å². The van der Waals surface area contributed by atoms with Gasteiger partial charge in [0, 0.05) is 5.69 Å². The second kappa shape index (κ2) is 5.25. The molecule has 18 heavy (non-hydrogen) atoms. The average molecular weight is 263 g/mol. The molecule has 0 saturated heterocycles. The summed E-state index contributed by atoms with van der Waals surface area (Å²) in [4.78, 5) is 9.79. The van der Waals surface area contributed by atoms with Crippen LogP contribution in [0.3, 0.4) is 0 Å². The average Bonchev–Trinajstić information content (AvgIpc) is 2.32. The van der Waals surface area contributed by atoms with E-state index in [0.29, 0.717) is 17.0 Å². The molecular weight excluding hydrogens is 249 g/mol. The van der Waals surface area contributed by atoms with E-state index in [2.05, 4.69) is 0 Å². The van der Waals surface area contributed by atoms with Crippen molar-refractivity contribution in [3.63, 3.8) is 0 Å². The second-order valence-corrected chi connectivity index (χ2v) is 5.72. The van der Waals surface area contributed by atoms with Crippen molar-refractivity contribution in [2.24, 2.45) is 0 Å². The summed E-state index contributed by atoms with van der Waals surface area (Å²) < 4.78 is 17.1. The Morgan fingerprint density at radius 2 is 1.67 bits per heavy atom. The van der Waals surface area contributed by atoms with Gasteiger partial charge >= 0.3 is 7.60 Å². The summed E-state index contributed by atoms with van der Waals surface area (Å²) in [6.45, 7) is 0. The summed E-state index contributed by atoms with van der Waals surface area (Å²) in [6.07, 6.45) is -0.0395. The highest BCUT2D eigenvalue weighted by atomic mass is 31.2. The quantitative estimate of drug-likeness (QED) is 0.657. The highest BCUT2D eigenvalue weighted by Gasteiger charge is 2.21. The summed E-state index contributed by atoms with van der Waals surface area (Å²) in [5, 5.41) is 0. The molecule has 0 bridgehead atoms. The molecule has 94 valence electrons. The molecule has 0 aliphatic heterocycles. The van der Waals surface area contributed by atoms with E-state index in [1.807, 2.05) is 6.07 Å². The third-order valence-corrected chi connectivity index (χ3v) is 3.61. The van der Waals surface area contributed by atoms with E-state index in [-0.39, 0.29) is 6.16 Å². The number of hydrogen-bond acceptors (Lipinski definition) is 3. The molecule has 2 aromatic rings. The Hall–Kier alpha value is -1.77. The van der Waals surface area contributed by atoms with Crippen molar-refractivity contribution in [3.8, 4) is 5.75 Å². The van der Waals surface area contributed by atoms with Crippen LogP contribution >= 0.6 is 7.60 Å². The number of hydrogen-bond donors (Lipinski definition) is 2. The zero-order valence-corrected chi connectivity index (χ0v) is 10.6. The standard InChI is InChI=1S/C13H14NO3P/c14-12-8-6-11(7-9-12)10-18(15,16)17-13-4-2-1-3-5-13/h1-9H,10,14H2,(H,15,16). The van der Waals surface area contributed by atoms with Gasteiger partial charge in [0.2, 0.25) is 0 Å². The highest BCUT2D eigenvalue weighted by molar-refractivity contribution is 7.52. The maximum absolute atomic E-state index is 11.9. The molecular formula is C13H14NO3P. The van der Waals surface area contributed by atoms with Crippen molar-refractivity contribution in [1.82, 2.24) is 0 Å². The Morgan fingerprint density at radius 3 is 2.28 bits per heavy atom. The lowest BCUT2D eigenvalue weighted by molar-refractivity contribution is 0.378. The van der Waals surface area contributed by atoms with Gasteiger partial charge in [0.15, 0.2) is 0 Å². The summed E-state index contributed by atoms with van der Waals surface area (Å²) in [7, 11) is -3.69. The Balaban J connectivity index is 2.08. The largest absolute Gasteiger partial charge is 0.424 e. The maximum atomic E-state index is 11.9. The Morgan fingerprint density at radius 1 is 1.06 bits per heavy atom. The van der Waals surface area contributed by atoms with Crippen LogP contribution in [0.25, 0.3) is 0 Å². The van der Waals surface area contributed by atoms with Gasteiger partial charge in [-0.3, -0.25) is 0 Å². The lowest BCUT2D eigenvalue weighted by Gasteiger charge is -2.13. The zero-order valence-electron chi connectivity index (χ0n) is 9.69. The lowest BCUT2D eigenvalue weighted by Crippen LogP contribution is -1.96. The number of anilines is 1. The number of benzene rings is 2. The van der Waals surface area contributed by atoms with Crippen LogP contribution in [0.5, 0.6) is 5.75 Å². The lowest BCUT2D eigenvalue weighted by atomic mass is 10.2. The van der Waals surface area contributed by atoms with Crippen LogP contribution in [0, 0.1) is 0 Å². The van der Waals surface area contributed by atoms with Crippen molar-refractivity contribution in [2.75, 3.05) is 5.73 Å². The number of rotatable bonds is 4. The first kappa shape index (κ1) is 12.7. The topological polar surface area (TPSA) is 72.6 Å². The molecule has 4 nitrogen and oxygen atoms in total. The van der Waals surface area contributed by atoms with Crippen LogP contribution < -0.4 is 10.3 Å².